The Kier molecular flexibility index (Phi) is 7.72. The average Bonchev–Trinajstić information content (AvgIpc) is 3.12. The summed E-state index contributed by atoms with van der Waals surface area (Å²) in [7, 11) is 0. The maximum atomic E-state index is 12.5. The Morgan fingerprint density at radius 2 is 1.90 bits per heavy atom. The van der Waals surface area contributed by atoms with E-state index in [1.54, 1.807) is 0 Å². The van der Waals surface area contributed by atoms with Crippen molar-refractivity contribution in [3.05, 3.63) is 69.5 Å². The molecule has 0 amide bonds. The molecule has 0 saturated heterocycles. The van der Waals surface area contributed by atoms with Gasteiger partial charge in [0.05, 0.1) is 5.75 Å². The summed E-state index contributed by atoms with van der Waals surface area (Å²) in [5.74, 6) is 2.40. The molecule has 0 aliphatic heterocycles. The third kappa shape index (κ3) is 5.52. The number of hydrogen-bond donors (Lipinski definition) is 0. The first-order chi connectivity index (χ1) is 14.4. The summed E-state index contributed by atoms with van der Waals surface area (Å²) in [6.45, 7) is 9.46. The van der Waals surface area contributed by atoms with E-state index in [4.69, 9.17) is 4.74 Å². The van der Waals surface area contributed by atoms with Crippen LogP contribution in [0.2, 0.25) is 0 Å². The molecule has 0 spiro atoms. The molecule has 0 radical (unpaired) electrons. The van der Waals surface area contributed by atoms with Gasteiger partial charge in [0.15, 0.2) is 16.8 Å². The lowest BCUT2D eigenvalue weighted by Gasteiger charge is -2.15. The van der Waals surface area contributed by atoms with Crippen LogP contribution in [-0.4, -0.2) is 26.3 Å². The molecular weight excluding hydrogens is 462 g/mol. The molecule has 1 heterocycles. The second kappa shape index (κ2) is 10.3. The van der Waals surface area contributed by atoms with Gasteiger partial charge in [-0.05, 0) is 49.1 Å². The molecule has 3 rings (SSSR count). The van der Waals surface area contributed by atoms with Crippen LogP contribution in [0.15, 0.2) is 52.1 Å². The van der Waals surface area contributed by atoms with Crippen molar-refractivity contribution in [2.75, 3.05) is 5.75 Å². The van der Waals surface area contributed by atoms with Gasteiger partial charge in [-0.3, -0.25) is 4.79 Å². The van der Waals surface area contributed by atoms with Crippen LogP contribution in [-0.2, 0) is 13.2 Å². The number of hydrogen-bond acceptors (Lipinski definition) is 5. The number of aryl methyl sites for hydroxylation is 1. The minimum atomic E-state index is 0.0669. The topological polar surface area (TPSA) is 57.0 Å². The summed E-state index contributed by atoms with van der Waals surface area (Å²) in [5, 5.41) is 9.33. The van der Waals surface area contributed by atoms with E-state index in [-0.39, 0.29) is 5.78 Å². The van der Waals surface area contributed by atoms with Crippen LogP contribution in [0, 0.1) is 6.92 Å². The molecule has 0 N–H and O–H groups in total. The van der Waals surface area contributed by atoms with E-state index in [9.17, 15) is 4.79 Å². The molecule has 0 unspecified atom stereocenters. The number of carbonyl (C=O) groups excluding carboxylic acids is 1. The molecule has 0 bridgehead atoms. The normalized spacial score (nSPS) is 11.1. The first kappa shape index (κ1) is 22.6. The molecule has 5 nitrogen and oxygen atoms in total. The summed E-state index contributed by atoms with van der Waals surface area (Å²) in [4.78, 5) is 12.5. The van der Waals surface area contributed by atoms with Crippen LogP contribution in [0.5, 0.6) is 5.75 Å². The van der Waals surface area contributed by atoms with E-state index in [1.165, 1.54) is 17.3 Å². The van der Waals surface area contributed by atoms with Gasteiger partial charge < -0.3 is 9.30 Å². The smallest absolute Gasteiger partial charge is 0.191 e. The van der Waals surface area contributed by atoms with Gasteiger partial charge >= 0.3 is 0 Å². The highest BCUT2D eigenvalue weighted by molar-refractivity contribution is 9.10. The van der Waals surface area contributed by atoms with Crippen molar-refractivity contribution < 1.29 is 9.53 Å². The minimum Gasteiger partial charge on any atom is -0.485 e. The van der Waals surface area contributed by atoms with E-state index in [0.29, 0.717) is 30.4 Å². The summed E-state index contributed by atoms with van der Waals surface area (Å²) >= 11 is 4.79. The number of halogens is 1. The first-order valence-corrected chi connectivity index (χ1v) is 11.7. The van der Waals surface area contributed by atoms with Crippen molar-refractivity contribution in [2.45, 2.75) is 51.9 Å². The molecule has 0 atom stereocenters. The fourth-order valence-corrected chi connectivity index (χ4v) is 4.27. The summed E-state index contributed by atoms with van der Waals surface area (Å²) in [5.41, 5.74) is 3.03. The third-order valence-electron chi connectivity index (χ3n) is 4.76. The first-order valence-electron chi connectivity index (χ1n) is 9.96. The highest BCUT2D eigenvalue weighted by Crippen LogP contribution is 2.28. The fourth-order valence-electron chi connectivity index (χ4n) is 3.09. The Balaban J connectivity index is 1.68. The molecule has 0 aliphatic carbocycles. The van der Waals surface area contributed by atoms with E-state index in [2.05, 4.69) is 65.1 Å². The quantitative estimate of drug-likeness (QED) is 0.271. The maximum absolute atomic E-state index is 12.5. The zero-order chi connectivity index (χ0) is 21.7. The number of Topliss-reactive ketones (excluding diaryl/α,β-unsaturated/α-hetero) is 1. The van der Waals surface area contributed by atoms with Crippen LogP contribution in [0.4, 0.5) is 0 Å². The van der Waals surface area contributed by atoms with Gasteiger partial charge in [0, 0.05) is 16.6 Å². The van der Waals surface area contributed by atoms with Crippen LogP contribution in [0.1, 0.15) is 54.0 Å². The Labute approximate surface area is 190 Å². The number of aromatic nitrogens is 3. The lowest BCUT2D eigenvalue weighted by Crippen LogP contribution is -2.09. The van der Waals surface area contributed by atoms with Crippen molar-refractivity contribution in [2.24, 2.45) is 0 Å². The second-order valence-corrected chi connectivity index (χ2v) is 9.20. The van der Waals surface area contributed by atoms with Gasteiger partial charge in [0.25, 0.3) is 0 Å². The number of thioether (sulfide) groups is 1. The van der Waals surface area contributed by atoms with Crippen molar-refractivity contribution in [3.63, 3.8) is 0 Å². The summed E-state index contributed by atoms with van der Waals surface area (Å²) in [6.07, 6.45) is 0. The molecule has 3 aromatic rings. The van der Waals surface area contributed by atoms with Gasteiger partial charge in [0.1, 0.15) is 12.4 Å². The molecule has 0 fully saturated rings. The number of ether oxygens (including phenoxy) is 1. The third-order valence-corrected chi connectivity index (χ3v) is 6.25. The molecular formula is C23H26BrN3O2S. The highest BCUT2D eigenvalue weighted by Gasteiger charge is 2.16. The Morgan fingerprint density at radius 1 is 1.17 bits per heavy atom. The molecule has 0 aliphatic rings. The zero-order valence-corrected chi connectivity index (χ0v) is 20.1. The van der Waals surface area contributed by atoms with Crippen LogP contribution in [0.25, 0.3) is 0 Å². The Bertz CT molecular complexity index is 1020. The number of carbonyl (C=O) groups is 1. The van der Waals surface area contributed by atoms with Crippen molar-refractivity contribution in [1.82, 2.24) is 14.8 Å². The number of rotatable bonds is 9. The maximum Gasteiger partial charge on any atom is 0.191 e. The van der Waals surface area contributed by atoms with Gasteiger partial charge in [0.2, 0.25) is 0 Å². The van der Waals surface area contributed by atoms with E-state index < -0.39 is 0 Å². The predicted molar refractivity (Wildman–Crippen MR) is 124 cm³/mol. The lowest BCUT2D eigenvalue weighted by atomic mass is 10.0. The Morgan fingerprint density at radius 3 is 2.57 bits per heavy atom. The van der Waals surface area contributed by atoms with Crippen molar-refractivity contribution in [1.29, 1.82) is 0 Å². The number of benzene rings is 2. The Hall–Kier alpha value is -2.12. The average molecular weight is 488 g/mol. The minimum absolute atomic E-state index is 0.0669. The zero-order valence-electron chi connectivity index (χ0n) is 17.7. The molecule has 2 aromatic carbocycles. The molecule has 0 saturated carbocycles. The van der Waals surface area contributed by atoms with Crippen molar-refractivity contribution in [3.8, 4) is 5.75 Å². The van der Waals surface area contributed by atoms with E-state index in [0.717, 1.165) is 26.8 Å². The lowest BCUT2D eigenvalue weighted by molar-refractivity contribution is 0.102. The van der Waals surface area contributed by atoms with Crippen LogP contribution >= 0.6 is 27.7 Å². The van der Waals surface area contributed by atoms with Crippen LogP contribution < -0.4 is 4.74 Å². The molecule has 7 heteroatoms. The predicted octanol–water partition coefficient (Wildman–Crippen LogP) is 6.05. The van der Waals surface area contributed by atoms with Gasteiger partial charge in [-0.1, -0.05) is 65.8 Å². The highest BCUT2D eigenvalue weighted by atomic mass is 79.9. The largest absolute Gasteiger partial charge is 0.485 e. The molecule has 1 aromatic heterocycles. The monoisotopic (exact) mass is 487 g/mol. The number of nitrogens with zero attached hydrogens (tertiary/aromatic N) is 3. The van der Waals surface area contributed by atoms with Crippen molar-refractivity contribution >= 4 is 33.5 Å². The summed E-state index contributed by atoms with van der Waals surface area (Å²) in [6, 6.07) is 13.7. The second-order valence-electron chi connectivity index (χ2n) is 7.35. The molecule has 158 valence electrons. The van der Waals surface area contributed by atoms with Crippen LogP contribution in [0.3, 0.4) is 0 Å². The SMILES string of the molecule is CCn1c(COc2cc(C)ccc2C(C)C)nnc1SCC(=O)c1ccc(Br)cc1. The van der Waals surface area contributed by atoms with Gasteiger partial charge in [-0.2, -0.15) is 0 Å². The standard InChI is InChI=1S/C23H26BrN3O2S/c1-5-27-22(13-29-21-12-16(4)6-11-19(21)15(2)3)25-26-23(27)30-14-20(28)17-7-9-18(24)10-8-17/h6-12,15H,5,13-14H2,1-4H3. The fraction of sp³-hybridized carbons (Fsp3) is 0.348. The number of ketones is 1. The van der Waals surface area contributed by atoms with Gasteiger partial charge in [-0.15, -0.1) is 10.2 Å². The van der Waals surface area contributed by atoms with E-state index in [1.807, 2.05) is 35.8 Å². The van der Waals surface area contributed by atoms with E-state index >= 15 is 0 Å². The summed E-state index contributed by atoms with van der Waals surface area (Å²) < 4.78 is 9.08. The van der Waals surface area contributed by atoms with Gasteiger partial charge in [-0.25, -0.2) is 0 Å². The molecule has 30 heavy (non-hydrogen) atoms.